The number of aryl methyl sites for hydroxylation is 2. The molecule has 1 N–H and O–H groups in total. The van der Waals surface area contributed by atoms with Gasteiger partial charge in [0.2, 0.25) is 10.0 Å². The number of aromatic nitrogens is 1. The van der Waals surface area contributed by atoms with Crippen molar-refractivity contribution in [3.8, 4) is 0 Å². The summed E-state index contributed by atoms with van der Waals surface area (Å²) in [6.45, 7) is 3.58. The number of carbonyl (C=O) groups excluding carboxylic acids is 1. The molecule has 158 valence electrons. The molecule has 9 heteroatoms. The van der Waals surface area contributed by atoms with Crippen LogP contribution in [0.25, 0.3) is 0 Å². The van der Waals surface area contributed by atoms with Crippen molar-refractivity contribution >= 4 is 44.0 Å². The smallest absolute Gasteiger partial charge is 0.259 e. The van der Waals surface area contributed by atoms with Crippen molar-refractivity contribution in [2.75, 3.05) is 12.4 Å². The third-order valence-electron chi connectivity index (χ3n) is 5.15. The highest BCUT2D eigenvalue weighted by Gasteiger charge is 2.25. The van der Waals surface area contributed by atoms with Crippen LogP contribution in [0.3, 0.4) is 0 Å². The highest BCUT2D eigenvalue weighted by atomic mass is 35.5. The van der Waals surface area contributed by atoms with E-state index in [-0.39, 0.29) is 21.5 Å². The van der Waals surface area contributed by atoms with Gasteiger partial charge in [0, 0.05) is 18.0 Å². The second-order valence-electron chi connectivity index (χ2n) is 7.51. The van der Waals surface area contributed by atoms with Crippen LogP contribution in [-0.4, -0.2) is 36.7 Å². The van der Waals surface area contributed by atoms with Gasteiger partial charge in [-0.1, -0.05) is 24.4 Å². The van der Waals surface area contributed by atoms with Gasteiger partial charge >= 0.3 is 0 Å². The number of nitrogens with one attached hydrogen (secondary N) is 1. The van der Waals surface area contributed by atoms with Crippen molar-refractivity contribution in [3.05, 3.63) is 39.4 Å². The zero-order chi connectivity index (χ0) is 21.2. The lowest BCUT2D eigenvalue weighted by Gasteiger charge is -2.21. The summed E-state index contributed by atoms with van der Waals surface area (Å²) >= 11 is 7.70. The SMILES string of the molecule is CC(C)N(C)S(=O)(=O)c1ccc(Cl)c(C(=O)Nc2nc3c(s2)CCCCCC3)c1. The molecule has 1 aromatic carbocycles. The number of halogens is 1. The summed E-state index contributed by atoms with van der Waals surface area (Å²) in [5.74, 6) is -0.457. The lowest BCUT2D eigenvalue weighted by molar-refractivity contribution is 0.102. The van der Waals surface area contributed by atoms with E-state index in [1.165, 1.54) is 58.6 Å². The fraction of sp³-hybridized carbons (Fsp3) is 0.500. The summed E-state index contributed by atoms with van der Waals surface area (Å²) < 4.78 is 26.8. The number of amides is 1. The highest BCUT2D eigenvalue weighted by molar-refractivity contribution is 7.89. The number of anilines is 1. The maximum Gasteiger partial charge on any atom is 0.259 e. The van der Waals surface area contributed by atoms with Crippen molar-refractivity contribution in [2.45, 2.75) is 63.3 Å². The predicted octanol–water partition coefficient (Wildman–Crippen LogP) is 4.74. The Morgan fingerprint density at radius 3 is 2.59 bits per heavy atom. The number of benzene rings is 1. The Kier molecular flexibility index (Phi) is 6.98. The molecule has 0 atom stereocenters. The number of sulfonamides is 1. The number of fused-ring (bicyclic) bond motifs is 1. The van der Waals surface area contributed by atoms with Crippen LogP contribution in [0, 0.1) is 0 Å². The molecule has 0 spiro atoms. The van der Waals surface area contributed by atoms with Crippen molar-refractivity contribution in [1.82, 2.24) is 9.29 Å². The molecule has 6 nitrogen and oxygen atoms in total. The van der Waals surface area contributed by atoms with Crippen LogP contribution in [0.2, 0.25) is 5.02 Å². The Morgan fingerprint density at radius 1 is 1.21 bits per heavy atom. The van der Waals surface area contributed by atoms with Crippen molar-refractivity contribution in [1.29, 1.82) is 0 Å². The minimum absolute atomic E-state index is 0.0367. The molecular weight excluding hydrogens is 430 g/mol. The van der Waals surface area contributed by atoms with Gasteiger partial charge < -0.3 is 0 Å². The van der Waals surface area contributed by atoms with Gasteiger partial charge in [0.1, 0.15) is 0 Å². The van der Waals surface area contributed by atoms with E-state index < -0.39 is 15.9 Å². The first-order valence-electron chi connectivity index (χ1n) is 9.77. The Balaban J connectivity index is 1.85. The van der Waals surface area contributed by atoms with E-state index in [4.69, 9.17) is 11.6 Å². The summed E-state index contributed by atoms with van der Waals surface area (Å²) in [5.41, 5.74) is 1.18. The summed E-state index contributed by atoms with van der Waals surface area (Å²) in [4.78, 5) is 18.7. The average molecular weight is 456 g/mol. The topological polar surface area (TPSA) is 79.4 Å². The third kappa shape index (κ3) is 4.99. The molecule has 0 bridgehead atoms. The summed E-state index contributed by atoms with van der Waals surface area (Å²) in [5, 5.41) is 3.53. The van der Waals surface area contributed by atoms with Gasteiger partial charge in [-0.25, -0.2) is 13.4 Å². The average Bonchev–Trinajstić information content (AvgIpc) is 3.01. The highest BCUT2D eigenvalue weighted by Crippen LogP contribution is 2.30. The molecule has 1 aromatic heterocycles. The van der Waals surface area contributed by atoms with Crippen molar-refractivity contribution < 1.29 is 13.2 Å². The summed E-state index contributed by atoms with van der Waals surface area (Å²) in [7, 11) is -2.20. The molecule has 1 heterocycles. The molecular formula is C20H26ClN3O3S2. The fourth-order valence-electron chi connectivity index (χ4n) is 3.21. The van der Waals surface area contributed by atoms with Crippen LogP contribution in [0.4, 0.5) is 5.13 Å². The number of rotatable bonds is 5. The first-order valence-corrected chi connectivity index (χ1v) is 12.4. The van der Waals surface area contributed by atoms with Crippen LogP contribution in [0.1, 0.15) is 60.5 Å². The molecule has 0 fully saturated rings. The minimum atomic E-state index is -3.71. The first-order chi connectivity index (χ1) is 13.7. The van der Waals surface area contributed by atoms with Crippen molar-refractivity contribution in [3.63, 3.8) is 0 Å². The number of hydrogen-bond acceptors (Lipinski definition) is 5. The molecule has 1 amide bonds. The van der Waals surface area contributed by atoms with E-state index in [1.54, 1.807) is 13.8 Å². The van der Waals surface area contributed by atoms with E-state index in [2.05, 4.69) is 10.3 Å². The van der Waals surface area contributed by atoms with E-state index in [0.717, 1.165) is 31.4 Å². The Bertz CT molecular complexity index is 977. The minimum Gasteiger partial charge on any atom is -0.298 e. The Morgan fingerprint density at radius 2 is 1.90 bits per heavy atom. The summed E-state index contributed by atoms with van der Waals surface area (Å²) in [6.07, 6.45) is 6.59. The zero-order valence-corrected chi connectivity index (χ0v) is 19.3. The van der Waals surface area contributed by atoms with Crippen LogP contribution in [0.15, 0.2) is 23.1 Å². The Labute approximate surface area is 181 Å². The molecule has 0 saturated heterocycles. The largest absolute Gasteiger partial charge is 0.298 e. The molecule has 2 aromatic rings. The molecule has 29 heavy (non-hydrogen) atoms. The second-order valence-corrected chi connectivity index (χ2v) is 11.0. The molecule has 1 aliphatic carbocycles. The second kappa shape index (κ2) is 9.12. The van der Waals surface area contributed by atoms with E-state index in [9.17, 15) is 13.2 Å². The van der Waals surface area contributed by atoms with Gasteiger partial charge in [0.15, 0.2) is 5.13 Å². The molecule has 0 radical (unpaired) electrons. The van der Waals surface area contributed by atoms with Crippen LogP contribution < -0.4 is 5.32 Å². The van der Waals surface area contributed by atoms with Gasteiger partial charge in [0.25, 0.3) is 5.91 Å². The maximum absolute atomic E-state index is 12.8. The fourth-order valence-corrected chi connectivity index (χ4v) is 5.85. The lowest BCUT2D eigenvalue weighted by atomic mass is 10.0. The van der Waals surface area contributed by atoms with Crippen LogP contribution in [0.5, 0.6) is 0 Å². The van der Waals surface area contributed by atoms with Gasteiger partial charge in [0.05, 0.1) is 21.2 Å². The van der Waals surface area contributed by atoms with E-state index >= 15 is 0 Å². The number of hydrogen-bond donors (Lipinski definition) is 1. The third-order valence-corrected chi connectivity index (χ3v) is 8.58. The number of nitrogens with zero attached hydrogens (tertiary/aromatic N) is 2. The van der Waals surface area contributed by atoms with Crippen LogP contribution in [-0.2, 0) is 22.9 Å². The molecule has 0 saturated carbocycles. The molecule has 3 rings (SSSR count). The summed E-state index contributed by atoms with van der Waals surface area (Å²) in [6, 6.07) is 3.99. The molecule has 0 unspecified atom stereocenters. The van der Waals surface area contributed by atoms with Gasteiger partial charge in [-0.05, 0) is 57.7 Å². The normalized spacial score (nSPS) is 15.1. The lowest BCUT2D eigenvalue weighted by Crippen LogP contribution is -2.33. The molecule has 0 aliphatic heterocycles. The standard InChI is InChI=1S/C20H26ClN3O3S2/c1-13(2)24(3)29(26,27)14-10-11-16(21)15(12-14)19(25)23-20-22-17-8-6-4-5-7-9-18(17)28-20/h10-13H,4-9H2,1-3H3,(H,22,23,25). The van der Waals surface area contributed by atoms with E-state index in [1.807, 2.05) is 0 Å². The van der Waals surface area contributed by atoms with Gasteiger partial charge in [-0.15, -0.1) is 11.3 Å². The maximum atomic E-state index is 12.8. The zero-order valence-electron chi connectivity index (χ0n) is 16.9. The number of thiazole rings is 1. The number of carbonyl (C=O) groups is 1. The first kappa shape index (κ1) is 22.2. The predicted molar refractivity (Wildman–Crippen MR) is 117 cm³/mol. The van der Waals surface area contributed by atoms with Crippen LogP contribution >= 0.6 is 22.9 Å². The van der Waals surface area contributed by atoms with Crippen molar-refractivity contribution in [2.24, 2.45) is 0 Å². The Hall–Kier alpha value is -1.48. The van der Waals surface area contributed by atoms with E-state index in [0.29, 0.717) is 5.13 Å². The quantitative estimate of drug-likeness (QED) is 0.706. The monoisotopic (exact) mass is 455 g/mol. The molecule has 1 aliphatic rings. The van der Waals surface area contributed by atoms with Gasteiger partial charge in [-0.2, -0.15) is 4.31 Å². The van der Waals surface area contributed by atoms with Gasteiger partial charge in [-0.3, -0.25) is 10.1 Å².